The molecule has 1 aromatic heterocycles. The van der Waals surface area contributed by atoms with E-state index in [4.69, 9.17) is 0 Å². The van der Waals surface area contributed by atoms with Crippen LogP contribution in [0.25, 0.3) is 0 Å². The highest BCUT2D eigenvalue weighted by atomic mass is 32.2. The fourth-order valence-corrected chi connectivity index (χ4v) is 2.80. The lowest BCUT2D eigenvalue weighted by Crippen LogP contribution is -2.17. The molecule has 0 saturated carbocycles. The van der Waals surface area contributed by atoms with Crippen LogP contribution in [0.2, 0.25) is 0 Å². The maximum absolute atomic E-state index is 13.2. The number of anilines is 2. The molecule has 2 aromatic rings. The largest absolute Gasteiger partial charge is 0.298 e. The van der Waals surface area contributed by atoms with Gasteiger partial charge in [-0.3, -0.25) is 14.8 Å². The van der Waals surface area contributed by atoms with Gasteiger partial charge in [0, 0.05) is 11.1 Å². The zero-order valence-electron chi connectivity index (χ0n) is 11.2. The molecule has 0 aliphatic heterocycles. The molecular weight excluding hydrogens is 317 g/mol. The maximum Gasteiger partial charge on any atom is 0.259 e. The van der Waals surface area contributed by atoms with Gasteiger partial charge in [0.05, 0.1) is 17.5 Å². The molecule has 0 spiro atoms. The molecule has 1 heterocycles. The molecule has 0 saturated heterocycles. The van der Waals surface area contributed by atoms with Gasteiger partial charge in [-0.05, 0) is 25.1 Å². The molecule has 0 unspecified atom stereocenters. The topological polar surface area (TPSA) is 88.2 Å². The third-order valence-electron chi connectivity index (χ3n) is 2.36. The number of halogens is 1. The smallest absolute Gasteiger partial charge is 0.259 e. The predicted octanol–water partition coefficient (Wildman–Crippen LogP) is 2.21. The van der Waals surface area contributed by atoms with Crippen molar-refractivity contribution in [1.29, 1.82) is 0 Å². The van der Waals surface area contributed by atoms with Crippen molar-refractivity contribution in [2.24, 2.45) is 0 Å². The highest BCUT2D eigenvalue weighted by Gasteiger charge is 2.16. The van der Waals surface area contributed by atoms with Crippen LogP contribution in [0.5, 0.6) is 0 Å². The summed E-state index contributed by atoms with van der Waals surface area (Å²) in [6.07, 6.45) is 2.52. The van der Waals surface area contributed by atoms with Crippen molar-refractivity contribution in [1.82, 2.24) is 4.98 Å². The van der Waals surface area contributed by atoms with Gasteiger partial charge in [0.15, 0.2) is 5.13 Å². The Balaban J connectivity index is 2.31. The average Bonchev–Trinajstić information content (AvgIpc) is 2.72. The fraction of sp³-hybridized carbons (Fsp3) is 0.167. The number of thiazole rings is 1. The molecule has 0 radical (unpaired) electrons. The molecule has 1 amide bonds. The van der Waals surface area contributed by atoms with Gasteiger partial charge >= 0.3 is 0 Å². The van der Waals surface area contributed by atoms with Gasteiger partial charge in [-0.25, -0.2) is 17.8 Å². The third-order valence-corrected chi connectivity index (χ3v) is 3.78. The van der Waals surface area contributed by atoms with Gasteiger partial charge in [0.1, 0.15) is 5.82 Å². The van der Waals surface area contributed by atoms with Crippen LogP contribution in [0.4, 0.5) is 15.2 Å². The van der Waals surface area contributed by atoms with Gasteiger partial charge < -0.3 is 0 Å². The number of rotatable bonds is 4. The van der Waals surface area contributed by atoms with Crippen LogP contribution < -0.4 is 10.0 Å². The van der Waals surface area contributed by atoms with Gasteiger partial charge in [-0.2, -0.15) is 0 Å². The molecule has 0 bridgehead atoms. The van der Waals surface area contributed by atoms with Crippen molar-refractivity contribution in [2.75, 3.05) is 16.3 Å². The minimum Gasteiger partial charge on any atom is -0.298 e. The van der Waals surface area contributed by atoms with Crippen molar-refractivity contribution in [3.8, 4) is 0 Å². The van der Waals surface area contributed by atoms with Crippen LogP contribution >= 0.6 is 11.3 Å². The molecule has 0 aliphatic rings. The quantitative estimate of drug-likeness (QED) is 0.900. The highest BCUT2D eigenvalue weighted by Crippen LogP contribution is 2.22. The normalized spacial score (nSPS) is 11.2. The SMILES string of the molecule is Cc1cnc(NC(=O)c2ccc(F)cc2NS(C)(=O)=O)s1. The summed E-state index contributed by atoms with van der Waals surface area (Å²) in [4.78, 5) is 17.0. The highest BCUT2D eigenvalue weighted by molar-refractivity contribution is 7.92. The Morgan fingerprint density at radius 1 is 1.38 bits per heavy atom. The Hall–Kier alpha value is -2.00. The van der Waals surface area contributed by atoms with E-state index < -0.39 is 21.7 Å². The van der Waals surface area contributed by atoms with E-state index in [-0.39, 0.29) is 11.3 Å². The van der Waals surface area contributed by atoms with Crippen LogP contribution in [-0.4, -0.2) is 25.6 Å². The van der Waals surface area contributed by atoms with Crippen LogP contribution in [0, 0.1) is 12.7 Å². The summed E-state index contributed by atoms with van der Waals surface area (Å²) in [5.41, 5.74) is -0.113. The number of aryl methyl sites for hydroxylation is 1. The van der Waals surface area contributed by atoms with E-state index in [2.05, 4.69) is 15.0 Å². The second kappa shape index (κ2) is 5.78. The molecular formula is C12H12FN3O3S2. The number of hydrogen-bond donors (Lipinski definition) is 2. The molecule has 9 heteroatoms. The second-order valence-corrected chi connectivity index (χ2v) is 7.28. The number of amides is 1. The molecule has 1 aromatic carbocycles. The predicted molar refractivity (Wildman–Crippen MR) is 79.7 cm³/mol. The van der Waals surface area contributed by atoms with E-state index in [9.17, 15) is 17.6 Å². The number of aromatic nitrogens is 1. The Morgan fingerprint density at radius 3 is 2.67 bits per heavy atom. The molecule has 0 atom stereocenters. The molecule has 21 heavy (non-hydrogen) atoms. The molecule has 2 rings (SSSR count). The number of carbonyl (C=O) groups is 1. The molecule has 0 aliphatic carbocycles. The number of nitrogens with one attached hydrogen (secondary N) is 2. The lowest BCUT2D eigenvalue weighted by molar-refractivity contribution is 0.102. The first kappa shape index (κ1) is 15.4. The van der Waals surface area contributed by atoms with Crippen molar-refractivity contribution in [3.05, 3.63) is 40.7 Å². The van der Waals surface area contributed by atoms with Crippen LogP contribution in [0.3, 0.4) is 0 Å². The van der Waals surface area contributed by atoms with Crippen LogP contribution in [-0.2, 0) is 10.0 Å². The fourth-order valence-electron chi connectivity index (χ4n) is 1.58. The van der Waals surface area contributed by atoms with Crippen molar-refractivity contribution in [3.63, 3.8) is 0 Å². The lowest BCUT2D eigenvalue weighted by atomic mass is 10.1. The number of nitrogens with zero attached hydrogens (tertiary/aromatic N) is 1. The summed E-state index contributed by atoms with van der Waals surface area (Å²) in [5.74, 6) is -1.22. The van der Waals surface area contributed by atoms with Crippen molar-refractivity contribution in [2.45, 2.75) is 6.92 Å². The number of hydrogen-bond acceptors (Lipinski definition) is 5. The van der Waals surface area contributed by atoms with E-state index in [1.165, 1.54) is 17.4 Å². The minimum atomic E-state index is -3.63. The van der Waals surface area contributed by atoms with Gasteiger partial charge in [0.25, 0.3) is 5.91 Å². The Bertz CT molecular complexity index is 787. The summed E-state index contributed by atoms with van der Waals surface area (Å²) in [6.45, 7) is 1.84. The van der Waals surface area contributed by atoms with Gasteiger partial charge in [-0.15, -0.1) is 11.3 Å². The minimum absolute atomic E-state index is 0.00896. The standard InChI is InChI=1S/C12H12FN3O3S2/c1-7-6-14-12(20-7)15-11(17)9-4-3-8(13)5-10(9)16-21(2,18)19/h3-6,16H,1-2H3,(H,14,15,17). The second-order valence-electron chi connectivity index (χ2n) is 4.29. The summed E-state index contributed by atoms with van der Waals surface area (Å²) in [6, 6.07) is 3.23. The third kappa shape index (κ3) is 4.23. The first-order valence-corrected chi connectivity index (χ1v) is 8.46. The monoisotopic (exact) mass is 329 g/mol. The van der Waals surface area contributed by atoms with E-state index in [1.807, 2.05) is 6.92 Å². The van der Waals surface area contributed by atoms with Gasteiger partial charge in [-0.1, -0.05) is 0 Å². The molecule has 0 fully saturated rings. The zero-order valence-corrected chi connectivity index (χ0v) is 12.8. The Morgan fingerprint density at radius 2 is 2.10 bits per heavy atom. The summed E-state index contributed by atoms with van der Waals surface area (Å²) in [5, 5.41) is 2.92. The van der Waals surface area contributed by atoms with Crippen molar-refractivity contribution >= 4 is 38.1 Å². The molecule has 2 N–H and O–H groups in total. The van der Waals surface area contributed by atoms with Gasteiger partial charge in [0.2, 0.25) is 10.0 Å². The first-order chi connectivity index (χ1) is 9.74. The van der Waals surface area contributed by atoms with Crippen LogP contribution in [0.1, 0.15) is 15.2 Å². The Kier molecular flexibility index (Phi) is 4.24. The maximum atomic E-state index is 13.2. The summed E-state index contributed by atoms with van der Waals surface area (Å²) < 4.78 is 37.9. The zero-order chi connectivity index (χ0) is 15.6. The Labute approximate surface area is 125 Å². The molecule has 112 valence electrons. The van der Waals surface area contributed by atoms with E-state index in [0.29, 0.717) is 5.13 Å². The van der Waals surface area contributed by atoms with E-state index in [1.54, 1.807) is 6.20 Å². The first-order valence-electron chi connectivity index (χ1n) is 5.76. The summed E-state index contributed by atoms with van der Waals surface area (Å²) in [7, 11) is -3.63. The number of carbonyl (C=O) groups excluding carboxylic acids is 1. The van der Waals surface area contributed by atoms with E-state index in [0.717, 1.165) is 23.3 Å². The average molecular weight is 329 g/mol. The van der Waals surface area contributed by atoms with Crippen LogP contribution in [0.15, 0.2) is 24.4 Å². The lowest BCUT2D eigenvalue weighted by Gasteiger charge is -2.10. The summed E-state index contributed by atoms with van der Waals surface area (Å²) >= 11 is 1.28. The number of sulfonamides is 1. The molecule has 6 nitrogen and oxygen atoms in total. The number of benzene rings is 1. The van der Waals surface area contributed by atoms with Crippen molar-refractivity contribution < 1.29 is 17.6 Å². The van der Waals surface area contributed by atoms with E-state index >= 15 is 0 Å².